The summed E-state index contributed by atoms with van der Waals surface area (Å²) in [6.07, 6.45) is 0.394. The number of benzene rings is 2. The highest BCUT2D eigenvalue weighted by Gasteiger charge is 2.06. The standard InChI is InChI=1S/C19H20N2O2S/c1-3-20-18(22)11-14-5-7-15(8-6-14)23-12-19-21-16-10-13(2)4-9-17(16)24-19/h4-10H,3,11-12H2,1-2H3,(H,20,22). The fourth-order valence-electron chi connectivity index (χ4n) is 2.44. The number of carbonyl (C=O) groups excluding carboxylic acids is 1. The van der Waals surface area contributed by atoms with Gasteiger partial charge in [0.15, 0.2) is 0 Å². The summed E-state index contributed by atoms with van der Waals surface area (Å²) < 4.78 is 6.98. The summed E-state index contributed by atoms with van der Waals surface area (Å²) in [6.45, 7) is 5.09. The number of ether oxygens (including phenoxy) is 1. The zero-order chi connectivity index (χ0) is 16.9. The molecule has 0 aliphatic carbocycles. The summed E-state index contributed by atoms with van der Waals surface area (Å²) in [4.78, 5) is 16.2. The first-order chi connectivity index (χ1) is 11.6. The largest absolute Gasteiger partial charge is 0.486 e. The molecule has 1 amide bonds. The first-order valence-electron chi connectivity index (χ1n) is 7.98. The van der Waals surface area contributed by atoms with E-state index < -0.39 is 0 Å². The van der Waals surface area contributed by atoms with Crippen LogP contribution in [-0.2, 0) is 17.8 Å². The lowest BCUT2D eigenvalue weighted by atomic mass is 10.1. The lowest BCUT2D eigenvalue weighted by molar-refractivity contribution is -0.120. The predicted octanol–water partition coefficient (Wildman–Crippen LogP) is 3.86. The SMILES string of the molecule is CCNC(=O)Cc1ccc(OCc2nc3cc(C)ccc3s2)cc1. The number of carbonyl (C=O) groups is 1. The molecule has 1 N–H and O–H groups in total. The molecule has 3 aromatic rings. The van der Waals surface area contributed by atoms with Crippen molar-refractivity contribution in [3.8, 4) is 5.75 Å². The molecule has 0 spiro atoms. The third-order valence-corrected chi connectivity index (χ3v) is 4.62. The lowest BCUT2D eigenvalue weighted by Crippen LogP contribution is -2.24. The number of likely N-dealkylation sites (N-methyl/N-ethyl adjacent to an activating group) is 1. The molecule has 2 aromatic carbocycles. The number of fused-ring (bicyclic) bond motifs is 1. The highest BCUT2D eigenvalue weighted by molar-refractivity contribution is 7.18. The molecule has 24 heavy (non-hydrogen) atoms. The van der Waals surface area contributed by atoms with Gasteiger partial charge in [0.05, 0.1) is 16.6 Å². The van der Waals surface area contributed by atoms with Gasteiger partial charge in [-0.15, -0.1) is 11.3 Å². The summed E-state index contributed by atoms with van der Waals surface area (Å²) in [5.41, 5.74) is 3.21. The van der Waals surface area contributed by atoms with Crippen molar-refractivity contribution in [1.82, 2.24) is 10.3 Å². The van der Waals surface area contributed by atoms with Crippen LogP contribution in [-0.4, -0.2) is 17.4 Å². The van der Waals surface area contributed by atoms with Crippen molar-refractivity contribution < 1.29 is 9.53 Å². The van der Waals surface area contributed by atoms with E-state index in [1.54, 1.807) is 11.3 Å². The van der Waals surface area contributed by atoms with Gasteiger partial charge in [-0.3, -0.25) is 4.79 Å². The lowest BCUT2D eigenvalue weighted by Gasteiger charge is -2.06. The van der Waals surface area contributed by atoms with Crippen molar-refractivity contribution in [2.45, 2.75) is 26.9 Å². The molecule has 4 nitrogen and oxygen atoms in total. The molecule has 5 heteroatoms. The second kappa shape index (κ2) is 7.45. The number of nitrogens with one attached hydrogen (secondary N) is 1. The van der Waals surface area contributed by atoms with E-state index in [0.717, 1.165) is 21.8 Å². The molecule has 3 rings (SSSR count). The Labute approximate surface area is 145 Å². The Kier molecular flexibility index (Phi) is 5.11. The van der Waals surface area contributed by atoms with Crippen LogP contribution in [0.25, 0.3) is 10.2 Å². The van der Waals surface area contributed by atoms with Crippen molar-refractivity contribution in [3.63, 3.8) is 0 Å². The monoisotopic (exact) mass is 340 g/mol. The topological polar surface area (TPSA) is 51.2 Å². The molecule has 0 atom stereocenters. The fourth-order valence-corrected chi connectivity index (χ4v) is 3.30. The van der Waals surface area contributed by atoms with Gasteiger partial charge in [0.1, 0.15) is 17.4 Å². The van der Waals surface area contributed by atoms with Gasteiger partial charge in [-0.1, -0.05) is 18.2 Å². The maximum Gasteiger partial charge on any atom is 0.224 e. The Balaban J connectivity index is 1.60. The van der Waals surface area contributed by atoms with E-state index in [1.807, 2.05) is 31.2 Å². The molecule has 0 saturated heterocycles. The molecule has 1 aromatic heterocycles. The van der Waals surface area contributed by atoms with Crippen LogP contribution in [0.4, 0.5) is 0 Å². The predicted molar refractivity (Wildman–Crippen MR) is 97.5 cm³/mol. The van der Waals surface area contributed by atoms with Crippen molar-refractivity contribution in [3.05, 3.63) is 58.6 Å². The smallest absolute Gasteiger partial charge is 0.224 e. The number of hydrogen-bond donors (Lipinski definition) is 1. The van der Waals surface area contributed by atoms with Gasteiger partial charge in [-0.05, 0) is 49.2 Å². The zero-order valence-electron chi connectivity index (χ0n) is 13.8. The van der Waals surface area contributed by atoms with Gasteiger partial charge in [-0.25, -0.2) is 4.98 Å². The highest BCUT2D eigenvalue weighted by Crippen LogP contribution is 2.24. The minimum absolute atomic E-state index is 0.0379. The third kappa shape index (κ3) is 4.11. The Morgan fingerprint density at radius 2 is 2.00 bits per heavy atom. The summed E-state index contributed by atoms with van der Waals surface area (Å²) in [5, 5.41) is 3.76. The van der Waals surface area contributed by atoms with Crippen molar-refractivity contribution in [1.29, 1.82) is 0 Å². The van der Waals surface area contributed by atoms with Crippen LogP contribution in [0.2, 0.25) is 0 Å². The average molecular weight is 340 g/mol. The van der Waals surface area contributed by atoms with Crippen LogP contribution in [0.5, 0.6) is 5.75 Å². The molecule has 0 aliphatic heterocycles. The van der Waals surface area contributed by atoms with Crippen molar-refractivity contribution in [2.24, 2.45) is 0 Å². The van der Waals surface area contributed by atoms with Gasteiger partial charge >= 0.3 is 0 Å². The number of aryl methyl sites for hydroxylation is 1. The maximum atomic E-state index is 11.6. The Morgan fingerprint density at radius 1 is 1.21 bits per heavy atom. The van der Waals surface area contributed by atoms with E-state index in [9.17, 15) is 4.79 Å². The molecular weight excluding hydrogens is 320 g/mol. The number of rotatable bonds is 6. The maximum absolute atomic E-state index is 11.6. The Hall–Kier alpha value is -2.40. The highest BCUT2D eigenvalue weighted by atomic mass is 32.1. The summed E-state index contributed by atoms with van der Waals surface area (Å²) in [5.74, 6) is 0.820. The molecule has 0 fully saturated rings. The molecule has 1 heterocycles. The zero-order valence-corrected chi connectivity index (χ0v) is 14.7. The van der Waals surface area contributed by atoms with E-state index in [2.05, 4.69) is 35.4 Å². The van der Waals surface area contributed by atoms with Crippen LogP contribution < -0.4 is 10.1 Å². The average Bonchev–Trinajstić information content (AvgIpc) is 2.96. The van der Waals surface area contributed by atoms with Crippen LogP contribution in [0, 0.1) is 6.92 Å². The van der Waals surface area contributed by atoms with Crippen LogP contribution in [0.3, 0.4) is 0 Å². The molecule has 0 radical (unpaired) electrons. The molecular formula is C19H20N2O2S. The number of aromatic nitrogens is 1. The number of nitrogens with zero attached hydrogens (tertiary/aromatic N) is 1. The molecule has 0 aliphatic rings. The minimum Gasteiger partial charge on any atom is -0.486 e. The first-order valence-corrected chi connectivity index (χ1v) is 8.80. The van der Waals surface area contributed by atoms with Gasteiger partial charge in [0, 0.05) is 6.54 Å². The number of thiazole rings is 1. The minimum atomic E-state index is 0.0379. The van der Waals surface area contributed by atoms with Gasteiger partial charge < -0.3 is 10.1 Å². The number of hydrogen-bond acceptors (Lipinski definition) is 4. The molecule has 0 bridgehead atoms. The van der Waals surface area contributed by atoms with E-state index in [4.69, 9.17) is 4.74 Å². The normalized spacial score (nSPS) is 10.8. The second-order valence-corrected chi connectivity index (χ2v) is 6.76. The van der Waals surface area contributed by atoms with Crippen molar-refractivity contribution in [2.75, 3.05) is 6.54 Å². The van der Waals surface area contributed by atoms with Gasteiger partial charge in [0.25, 0.3) is 0 Å². The fraction of sp³-hybridized carbons (Fsp3) is 0.263. The molecule has 0 saturated carbocycles. The van der Waals surface area contributed by atoms with Gasteiger partial charge in [-0.2, -0.15) is 0 Å². The summed E-state index contributed by atoms with van der Waals surface area (Å²) in [7, 11) is 0. The Bertz CT molecular complexity index is 840. The quantitative estimate of drug-likeness (QED) is 0.741. The van der Waals surface area contributed by atoms with Crippen LogP contribution in [0.1, 0.15) is 23.1 Å². The van der Waals surface area contributed by atoms with E-state index in [-0.39, 0.29) is 5.91 Å². The van der Waals surface area contributed by atoms with Crippen molar-refractivity contribution >= 4 is 27.5 Å². The third-order valence-electron chi connectivity index (χ3n) is 3.61. The van der Waals surface area contributed by atoms with Crippen LogP contribution in [0.15, 0.2) is 42.5 Å². The number of amides is 1. The Morgan fingerprint density at radius 3 is 2.75 bits per heavy atom. The summed E-state index contributed by atoms with van der Waals surface area (Å²) in [6, 6.07) is 13.9. The second-order valence-electron chi connectivity index (χ2n) is 5.64. The molecule has 0 unspecified atom stereocenters. The molecule has 124 valence electrons. The van der Waals surface area contributed by atoms with Gasteiger partial charge in [0.2, 0.25) is 5.91 Å². The first kappa shape index (κ1) is 16.5. The van der Waals surface area contributed by atoms with E-state index in [1.165, 1.54) is 10.3 Å². The van der Waals surface area contributed by atoms with E-state index in [0.29, 0.717) is 19.6 Å². The summed E-state index contributed by atoms with van der Waals surface area (Å²) >= 11 is 1.65. The van der Waals surface area contributed by atoms with Crippen LogP contribution >= 0.6 is 11.3 Å². The van der Waals surface area contributed by atoms with E-state index >= 15 is 0 Å².